The summed E-state index contributed by atoms with van der Waals surface area (Å²) < 4.78 is 5.50. The first-order valence-electron chi connectivity index (χ1n) is 4.56. The number of aromatic nitrogens is 1. The maximum Gasteiger partial charge on any atom is 0.140 e. The van der Waals surface area contributed by atoms with E-state index in [-0.39, 0.29) is 5.75 Å². The van der Waals surface area contributed by atoms with Crippen LogP contribution in [0.4, 0.5) is 0 Å². The van der Waals surface area contributed by atoms with Crippen LogP contribution in [0.15, 0.2) is 29.8 Å². The summed E-state index contributed by atoms with van der Waals surface area (Å²) in [4.78, 5) is 4.11. The fourth-order valence-electron chi connectivity index (χ4n) is 1.28. The van der Waals surface area contributed by atoms with E-state index in [0.29, 0.717) is 12.4 Å². The molecule has 2 rings (SSSR count). The molecule has 0 amide bonds. The van der Waals surface area contributed by atoms with Crippen molar-refractivity contribution in [1.29, 1.82) is 0 Å². The fourth-order valence-corrected chi connectivity index (χ4v) is 1.81. The molecule has 4 heteroatoms. The van der Waals surface area contributed by atoms with Crippen molar-refractivity contribution in [2.75, 3.05) is 0 Å². The number of thiazole rings is 1. The van der Waals surface area contributed by atoms with Crippen LogP contribution >= 0.6 is 11.3 Å². The van der Waals surface area contributed by atoms with E-state index in [1.54, 1.807) is 29.7 Å². The van der Waals surface area contributed by atoms with Crippen molar-refractivity contribution in [1.82, 2.24) is 4.98 Å². The molecular weight excluding hydrogens is 210 g/mol. The number of hydrogen-bond donors (Lipinski definition) is 1. The van der Waals surface area contributed by atoms with Gasteiger partial charge in [0, 0.05) is 17.6 Å². The molecule has 0 atom stereocenters. The van der Waals surface area contributed by atoms with Gasteiger partial charge in [0.05, 0.1) is 0 Å². The van der Waals surface area contributed by atoms with Gasteiger partial charge in [0.25, 0.3) is 0 Å². The number of ether oxygens (including phenoxy) is 1. The minimum atomic E-state index is 0.226. The largest absolute Gasteiger partial charge is 0.508 e. The summed E-state index contributed by atoms with van der Waals surface area (Å²) >= 11 is 1.55. The molecule has 0 saturated heterocycles. The summed E-state index contributed by atoms with van der Waals surface area (Å²) in [6, 6.07) is 5.17. The Morgan fingerprint density at radius 3 is 2.93 bits per heavy atom. The van der Waals surface area contributed by atoms with Crippen LogP contribution in [-0.4, -0.2) is 10.1 Å². The van der Waals surface area contributed by atoms with Crippen LogP contribution in [0.3, 0.4) is 0 Å². The highest BCUT2D eigenvalue weighted by molar-refractivity contribution is 7.09. The van der Waals surface area contributed by atoms with Crippen LogP contribution < -0.4 is 4.74 Å². The highest BCUT2D eigenvalue weighted by Gasteiger charge is 2.00. The second kappa shape index (κ2) is 4.31. The summed E-state index contributed by atoms with van der Waals surface area (Å²) in [6.45, 7) is 2.36. The minimum absolute atomic E-state index is 0.226. The molecule has 0 saturated carbocycles. The third kappa shape index (κ3) is 2.70. The van der Waals surface area contributed by atoms with E-state index in [9.17, 15) is 5.11 Å². The average molecular weight is 221 g/mol. The Kier molecular flexibility index (Phi) is 2.87. The molecule has 3 nitrogen and oxygen atoms in total. The molecule has 0 spiro atoms. The summed E-state index contributed by atoms with van der Waals surface area (Å²) in [5.74, 6) is 0.895. The van der Waals surface area contributed by atoms with Crippen molar-refractivity contribution in [3.8, 4) is 11.5 Å². The van der Waals surface area contributed by atoms with Gasteiger partial charge in [-0.2, -0.15) is 0 Å². The zero-order valence-corrected chi connectivity index (χ0v) is 9.12. The second-order valence-corrected chi connectivity index (χ2v) is 4.20. The highest BCUT2D eigenvalue weighted by Crippen LogP contribution is 2.22. The van der Waals surface area contributed by atoms with Gasteiger partial charge in [-0.1, -0.05) is 0 Å². The number of phenols is 1. The number of aromatic hydroxyl groups is 1. The number of hydrogen-bond acceptors (Lipinski definition) is 4. The van der Waals surface area contributed by atoms with Crippen molar-refractivity contribution in [2.24, 2.45) is 0 Å². The van der Waals surface area contributed by atoms with Gasteiger partial charge in [-0.3, -0.25) is 0 Å². The Labute approximate surface area is 92.0 Å². The number of aryl methyl sites for hydroxylation is 1. The van der Waals surface area contributed by atoms with E-state index in [0.717, 1.165) is 10.6 Å². The van der Waals surface area contributed by atoms with Crippen LogP contribution in [0.2, 0.25) is 0 Å². The fraction of sp³-hybridized carbons (Fsp3) is 0.182. The van der Waals surface area contributed by atoms with E-state index in [1.807, 2.05) is 18.4 Å². The first kappa shape index (κ1) is 9.98. The Morgan fingerprint density at radius 2 is 2.27 bits per heavy atom. The van der Waals surface area contributed by atoms with Gasteiger partial charge in [-0.15, -0.1) is 11.3 Å². The molecule has 0 aliphatic rings. The van der Waals surface area contributed by atoms with Gasteiger partial charge in [0.1, 0.15) is 23.1 Å². The summed E-state index contributed by atoms with van der Waals surface area (Å²) in [6.07, 6.45) is 1.75. The monoisotopic (exact) mass is 221 g/mol. The van der Waals surface area contributed by atoms with Crippen LogP contribution in [0, 0.1) is 6.92 Å². The Balaban J connectivity index is 2.05. The van der Waals surface area contributed by atoms with Crippen molar-refractivity contribution < 1.29 is 9.84 Å². The average Bonchev–Trinajstić information content (AvgIpc) is 2.65. The molecule has 2 aromatic rings. The number of rotatable bonds is 3. The quantitative estimate of drug-likeness (QED) is 0.866. The van der Waals surface area contributed by atoms with Gasteiger partial charge in [-0.25, -0.2) is 4.98 Å². The van der Waals surface area contributed by atoms with Gasteiger partial charge >= 0.3 is 0 Å². The van der Waals surface area contributed by atoms with Gasteiger partial charge < -0.3 is 9.84 Å². The predicted octanol–water partition coefficient (Wildman–Crippen LogP) is 2.74. The highest BCUT2D eigenvalue weighted by atomic mass is 32.1. The molecule has 15 heavy (non-hydrogen) atoms. The standard InChI is InChI=1S/C11H11NO2S/c1-8-4-9(13)6-10(5-8)14-7-11-12-2-3-15-11/h2-6,13H,7H2,1H3. The van der Waals surface area contributed by atoms with Crippen LogP contribution in [0.1, 0.15) is 10.6 Å². The number of benzene rings is 1. The van der Waals surface area contributed by atoms with E-state index < -0.39 is 0 Å². The third-order valence-electron chi connectivity index (χ3n) is 1.88. The molecule has 1 N–H and O–H groups in total. The second-order valence-electron chi connectivity index (χ2n) is 3.22. The molecular formula is C11H11NO2S. The van der Waals surface area contributed by atoms with E-state index in [4.69, 9.17) is 4.74 Å². The minimum Gasteiger partial charge on any atom is -0.508 e. The van der Waals surface area contributed by atoms with Crippen LogP contribution in [0.5, 0.6) is 11.5 Å². The maximum atomic E-state index is 9.36. The lowest BCUT2D eigenvalue weighted by Gasteiger charge is -2.05. The smallest absolute Gasteiger partial charge is 0.140 e. The van der Waals surface area contributed by atoms with Crippen LogP contribution in [0.25, 0.3) is 0 Å². The topological polar surface area (TPSA) is 42.4 Å². The lowest BCUT2D eigenvalue weighted by atomic mass is 10.2. The molecule has 0 bridgehead atoms. The predicted molar refractivity (Wildman–Crippen MR) is 59.3 cm³/mol. The molecule has 0 fully saturated rings. The van der Waals surface area contributed by atoms with E-state index in [2.05, 4.69) is 4.98 Å². The first-order chi connectivity index (χ1) is 7.24. The van der Waals surface area contributed by atoms with E-state index >= 15 is 0 Å². The molecule has 0 aliphatic carbocycles. The summed E-state index contributed by atoms with van der Waals surface area (Å²) in [5.41, 5.74) is 0.976. The molecule has 0 aliphatic heterocycles. The van der Waals surface area contributed by atoms with Gasteiger partial charge in [0.2, 0.25) is 0 Å². The summed E-state index contributed by atoms with van der Waals surface area (Å²) in [7, 11) is 0. The van der Waals surface area contributed by atoms with Crippen molar-refractivity contribution in [2.45, 2.75) is 13.5 Å². The molecule has 0 radical (unpaired) electrons. The third-order valence-corrected chi connectivity index (χ3v) is 2.63. The Bertz CT molecular complexity index is 420. The lowest BCUT2D eigenvalue weighted by Crippen LogP contribution is -1.94. The van der Waals surface area contributed by atoms with Crippen molar-refractivity contribution >= 4 is 11.3 Å². The van der Waals surface area contributed by atoms with Gasteiger partial charge in [0.15, 0.2) is 0 Å². The Hall–Kier alpha value is -1.55. The molecule has 1 aromatic carbocycles. The first-order valence-corrected chi connectivity index (χ1v) is 5.44. The number of nitrogens with zero attached hydrogens (tertiary/aromatic N) is 1. The molecule has 1 heterocycles. The molecule has 1 aromatic heterocycles. The normalized spacial score (nSPS) is 10.2. The van der Waals surface area contributed by atoms with Crippen molar-refractivity contribution in [3.63, 3.8) is 0 Å². The number of phenolic OH excluding ortho intramolecular Hbond substituents is 1. The van der Waals surface area contributed by atoms with Crippen molar-refractivity contribution in [3.05, 3.63) is 40.3 Å². The molecule has 0 unspecified atom stereocenters. The molecule has 78 valence electrons. The van der Waals surface area contributed by atoms with Crippen LogP contribution in [-0.2, 0) is 6.61 Å². The van der Waals surface area contributed by atoms with Gasteiger partial charge in [-0.05, 0) is 24.6 Å². The maximum absolute atomic E-state index is 9.36. The van der Waals surface area contributed by atoms with E-state index in [1.165, 1.54) is 0 Å². The zero-order valence-electron chi connectivity index (χ0n) is 8.30. The SMILES string of the molecule is Cc1cc(O)cc(OCc2nccs2)c1. The lowest BCUT2D eigenvalue weighted by molar-refractivity contribution is 0.303. The summed E-state index contributed by atoms with van der Waals surface area (Å²) in [5, 5.41) is 12.2. The zero-order chi connectivity index (χ0) is 10.7. The Morgan fingerprint density at radius 1 is 1.40 bits per heavy atom.